The van der Waals surface area contributed by atoms with Crippen molar-refractivity contribution in [1.82, 2.24) is 20.0 Å². The summed E-state index contributed by atoms with van der Waals surface area (Å²) >= 11 is 5.98. The second kappa shape index (κ2) is 8.89. The maximum absolute atomic E-state index is 12.8. The van der Waals surface area contributed by atoms with Crippen molar-refractivity contribution in [3.63, 3.8) is 0 Å². The van der Waals surface area contributed by atoms with Gasteiger partial charge in [-0.25, -0.2) is 4.68 Å². The summed E-state index contributed by atoms with van der Waals surface area (Å²) in [4.78, 5) is 14.9. The Bertz CT molecular complexity index is 776. The summed E-state index contributed by atoms with van der Waals surface area (Å²) in [6.07, 6.45) is 2.59. The van der Waals surface area contributed by atoms with Crippen LogP contribution in [0.25, 0.3) is 5.69 Å². The number of amides is 1. The number of halogens is 1. The average molecular weight is 389 g/mol. The van der Waals surface area contributed by atoms with Gasteiger partial charge in [0, 0.05) is 29.4 Å². The van der Waals surface area contributed by atoms with Crippen LogP contribution in [0, 0.1) is 19.8 Å². The first kappa shape index (κ1) is 19.9. The molecule has 146 valence electrons. The topological polar surface area (TPSA) is 50.2 Å². The Morgan fingerprint density at radius 2 is 1.89 bits per heavy atom. The zero-order chi connectivity index (χ0) is 19.4. The Kier molecular flexibility index (Phi) is 6.55. The highest BCUT2D eigenvalue weighted by molar-refractivity contribution is 6.30. The number of carbonyl (C=O) groups excluding carboxylic acids is 1. The number of carbonyl (C=O) groups is 1. The predicted molar refractivity (Wildman–Crippen MR) is 110 cm³/mol. The van der Waals surface area contributed by atoms with Crippen LogP contribution in [0.1, 0.15) is 36.7 Å². The van der Waals surface area contributed by atoms with E-state index in [0.29, 0.717) is 17.4 Å². The van der Waals surface area contributed by atoms with Crippen LogP contribution in [-0.2, 0) is 11.2 Å². The minimum Gasteiger partial charge on any atom is -0.342 e. The Morgan fingerprint density at radius 3 is 2.52 bits per heavy atom. The number of aromatic nitrogens is 2. The Balaban J connectivity index is 1.66. The number of nitrogens with one attached hydrogen (secondary N) is 1. The molecule has 1 N–H and O–H groups in total. The zero-order valence-corrected chi connectivity index (χ0v) is 17.2. The average Bonchev–Trinajstić information content (AvgIpc) is 2.95. The minimum absolute atomic E-state index is 0.207. The number of hydrogen-bond acceptors (Lipinski definition) is 3. The molecule has 0 atom stereocenters. The smallest absolute Gasteiger partial charge is 0.227 e. The van der Waals surface area contributed by atoms with Crippen LogP contribution in [0.2, 0.25) is 5.02 Å². The Labute approximate surface area is 166 Å². The largest absolute Gasteiger partial charge is 0.342 e. The summed E-state index contributed by atoms with van der Waals surface area (Å²) in [5.74, 6) is 0.892. The van der Waals surface area contributed by atoms with Crippen molar-refractivity contribution in [2.45, 2.75) is 40.0 Å². The lowest BCUT2D eigenvalue weighted by Gasteiger charge is -2.32. The van der Waals surface area contributed by atoms with E-state index in [0.717, 1.165) is 61.7 Å². The third-order valence-corrected chi connectivity index (χ3v) is 5.74. The number of hydrogen-bond donors (Lipinski definition) is 1. The first-order valence-electron chi connectivity index (χ1n) is 9.79. The van der Waals surface area contributed by atoms with Gasteiger partial charge in [-0.3, -0.25) is 4.79 Å². The van der Waals surface area contributed by atoms with Crippen molar-refractivity contribution in [2.75, 3.05) is 26.2 Å². The third-order valence-electron chi connectivity index (χ3n) is 5.49. The lowest BCUT2D eigenvalue weighted by atomic mass is 9.96. The van der Waals surface area contributed by atoms with Gasteiger partial charge in [0.1, 0.15) is 0 Å². The first-order valence-corrected chi connectivity index (χ1v) is 10.2. The van der Waals surface area contributed by atoms with Gasteiger partial charge in [0.25, 0.3) is 0 Å². The van der Waals surface area contributed by atoms with Crippen molar-refractivity contribution in [3.05, 3.63) is 46.2 Å². The lowest BCUT2D eigenvalue weighted by molar-refractivity contribution is -0.131. The van der Waals surface area contributed by atoms with Crippen LogP contribution in [-0.4, -0.2) is 46.8 Å². The maximum atomic E-state index is 12.8. The molecule has 5 nitrogen and oxygen atoms in total. The van der Waals surface area contributed by atoms with Crippen molar-refractivity contribution in [2.24, 2.45) is 5.92 Å². The van der Waals surface area contributed by atoms with Crippen molar-refractivity contribution >= 4 is 17.5 Å². The second-order valence-corrected chi connectivity index (χ2v) is 7.78. The summed E-state index contributed by atoms with van der Waals surface area (Å²) in [5, 5.41) is 8.77. The first-order chi connectivity index (χ1) is 13.0. The summed E-state index contributed by atoms with van der Waals surface area (Å²) < 4.78 is 1.90. The number of likely N-dealkylation sites (tertiary alicyclic amines) is 1. The highest BCUT2D eigenvalue weighted by Gasteiger charge is 2.24. The van der Waals surface area contributed by atoms with Gasteiger partial charge >= 0.3 is 0 Å². The van der Waals surface area contributed by atoms with Gasteiger partial charge in [-0.2, -0.15) is 5.10 Å². The quantitative estimate of drug-likeness (QED) is 0.823. The Hall–Kier alpha value is -1.85. The van der Waals surface area contributed by atoms with E-state index in [1.807, 2.05) is 47.7 Å². The van der Waals surface area contributed by atoms with Crippen molar-refractivity contribution in [3.8, 4) is 5.69 Å². The third kappa shape index (κ3) is 4.71. The van der Waals surface area contributed by atoms with E-state index < -0.39 is 0 Å². The van der Waals surface area contributed by atoms with Crippen molar-refractivity contribution in [1.29, 1.82) is 0 Å². The maximum Gasteiger partial charge on any atom is 0.227 e. The molecular weight excluding hydrogens is 360 g/mol. The fourth-order valence-electron chi connectivity index (χ4n) is 3.76. The fraction of sp³-hybridized carbons (Fsp3) is 0.524. The molecule has 1 saturated heterocycles. The molecule has 0 spiro atoms. The molecule has 3 rings (SSSR count). The lowest BCUT2D eigenvalue weighted by Crippen LogP contribution is -2.41. The molecule has 0 unspecified atom stereocenters. The van der Waals surface area contributed by atoms with E-state index in [1.165, 1.54) is 0 Å². The summed E-state index contributed by atoms with van der Waals surface area (Å²) in [6, 6.07) is 7.61. The van der Waals surface area contributed by atoms with Gasteiger partial charge in [0.2, 0.25) is 5.91 Å². The molecule has 1 amide bonds. The van der Waals surface area contributed by atoms with Crippen LogP contribution in [0.5, 0.6) is 0 Å². The highest BCUT2D eigenvalue weighted by Crippen LogP contribution is 2.22. The summed E-state index contributed by atoms with van der Waals surface area (Å²) in [6.45, 7) is 9.93. The SMILES string of the molecule is CCNCC1CCN(C(=O)Cc2c(C)nn(-c3ccc(Cl)cc3)c2C)CC1. The number of nitrogens with zero attached hydrogens (tertiary/aromatic N) is 3. The minimum atomic E-state index is 0.207. The predicted octanol–water partition coefficient (Wildman–Crippen LogP) is 3.53. The molecule has 27 heavy (non-hydrogen) atoms. The van der Waals surface area contributed by atoms with Crippen LogP contribution in [0.4, 0.5) is 0 Å². The van der Waals surface area contributed by atoms with Gasteiger partial charge in [-0.05, 0) is 70.0 Å². The highest BCUT2D eigenvalue weighted by atomic mass is 35.5. The van der Waals surface area contributed by atoms with Gasteiger partial charge in [0.05, 0.1) is 17.8 Å². The van der Waals surface area contributed by atoms with Gasteiger partial charge < -0.3 is 10.2 Å². The van der Waals surface area contributed by atoms with E-state index in [1.54, 1.807) is 0 Å². The molecule has 1 aliphatic heterocycles. The molecule has 0 radical (unpaired) electrons. The molecule has 0 bridgehead atoms. The van der Waals surface area contributed by atoms with Crippen LogP contribution in [0.3, 0.4) is 0 Å². The van der Waals surface area contributed by atoms with Gasteiger partial charge in [0.15, 0.2) is 0 Å². The molecule has 1 aromatic heterocycles. The molecule has 2 aromatic rings. The molecule has 2 heterocycles. The van der Waals surface area contributed by atoms with E-state index in [9.17, 15) is 4.79 Å². The second-order valence-electron chi connectivity index (χ2n) is 7.35. The van der Waals surface area contributed by atoms with E-state index >= 15 is 0 Å². The van der Waals surface area contributed by atoms with Crippen LogP contribution < -0.4 is 5.32 Å². The standard InChI is InChI=1S/C21H29ClN4O/c1-4-23-14-17-9-11-25(12-10-17)21(27)13-20-15(2)24-26(16(20)3)19-7-5-18(22)6-8-19/h5-8,17,23H,4,9-14H2,1-3H3. The molecule has 6 heteroatoms. The molecule has 1 aromatic carbocycles. The monoisotopic (exact) mass is 388 g/mol. The number of piperidine rings is 1. The van der Waals surface area contributed by atoms with Crippen LogP contribution in [0.15, 0.2) is 24.3 Å². The van der Waals surface area contributed by atoms with E-state index in [2.05, 4.69) is 17.3 Å². The molecule has 0 saturated carbocycles. The molecular formula is C21H29ClN4O. The number of aryl methyl sites for hydroxylation is 1. The summed E-state index contributed by atoms with van der Waals surface area (Å²) in [5.41, 5.74) is 3.93. The summed E-state index contributed by atoms with van der Waals surface area (Å²) in [7, 11) is 0. The normalized spacial score (nSPS) is 15.3. The van der Waals surface area contributed by atoms with Crippen molar-refractivity contribution < 1.29 is 4.79 Å². The fourth-order valence-corrected chi connectivity index (χ4v) is 3.89. The molecule has 1 aliphatic rings. The molecule has 1 fully saturated rings. The van der Waals surface area contributed by atoms with E-state index in [4.69, 9.17) is 11.6 Å². The van der Waals surface area contributed by atoms with Gasteiger partial charge in [-0.1, -0.05) is 18.5 Å². The number of rotatable bonds is 6. The number of benzene rings is 1. The Morgan fingerprint density at radius 1 is 1.22 bits per heavy atom. The van der Waals surface area contributed by atoms with Crippen LogP contribution >= 0.6 is 11.6 Å². The van der Waals surface area contributed by atoms with Gasteiger partial charge in [-0.15, -0.1) is 0 Å². The van der Waals surface area contributed by atoms with E-state index in [-0.39, 0.29) is 5.91 Å². The molecule has 0 aliphatic carbocycles. The zero-order valence-electron chi connectivity index (χ0n) is 16.5.